The van der Waals surface area contributed by atoms with E-state index in [1.54, 1.807) is 0 Å². The lowest BCUT2D eigenvalue weighted by Gasteiger charge is -2.21. The number of carbonyl (C=O) groups is 2. The summed E-state index contributed by atoms with van der Waals surface area (Å²) in [5, 5.41) is 15.8. The molecule has 0 aliphatic heterocycles. The van der Waals surface area contributed by atoms with Crippen molar-refractivity contribution in [3.05, 3.63) is 51.7 Å². The van der Waals surface area contributed by atoms with Crippen molar-refractivity contribution in [3.63, 3.8) is 0 Å². The Bertz CT molecular complexity index is 944. The third kappa shape index (κ3) is 4.83. The van der Waals surface area contributed by atoms with Crippen molar-refractivity contribution >= 4 is 28.2 Å². The van der Waals surface area contributed by atoms with Crippen LogP contribution in [-0.2, 0) is 17.6 Å². The van der Waals surface area contributed by atoms with E-state index in [0.717, 1.165) is 37.7 Å². The Hall–Kier alpha value is -2.72. The van der Waals surface area contributed by atoms with Crippen molar-refractivity contribution in [2.45, 2.75) is 52.0 Å². The van der Waals surface area contributed by atoms with Gasteiger partial charge in [0, 0.05) is 10.4 Å². The first kappa shape index (κ1) is 21.0. The van der Waals surface area contributed by atoms with E-state index < -0.39 is 17.8 Å². The molecule has 1 aromatic heterocycles. The van der Waals surface area contributed by atoms with Crippen LogP contribution >= 0.6 is 11.3 Å². The summed E-state index contributed by atoms with van der Waals surface area (Å²) in [6.45, 7) is 3.67. The third-order valence-corrected chi connectivity index (χ3v) is 6.32. The molecule has 2 N–H and O–H groups in total. The van der Waals surface area contributed by atoms with Gasteiger partial charge in [-0.25, -0.2) is 4.39 Å². The fraction of sp³-hybridized carbons (Fsp3) is 0.409. The molecule has 1 atom stereocenters. The lowest BCUT2D eigenvalue weighted by atomic mass is 10.0. The van der Waals surface area contributed by atoms with E-state index in [4.69, 9.17) is 0 Å². The minimum absolute atomic E-state index is 0.164. The molecular formula is C22H24FN3O2S. The monoisotopic (exact) mass is 413 g/mol. The number of nitrogens with zero attached hydrogens (tertiary/aromatic N) is 1. The zero-order valence-corrected chi connectivity index (χ0v) is 17.4. The third-order valence-electron chi connectivity index (χ3n) is 5.11. The SMILES string of the molecule is CC(C)[C@@H](NC(=O)c1ccc(F)cc1)C(=O)Nc1sc2c(c1C#N)CCCCC2. The molecule has 1 heterocycles. The lowest BCUT2D eigenvalue weighted by Crippen LogP contribution is -2.47. The number of rotatable bonds is 5. The Balaban J connectivity index is 1.77. The lowest BCUT2D eigenvalue weighted by molar-refractivity contribution is -0.118. The molecule has 0 saturated heterocycles. The maximum Gasteiger partial charge on any atom is 0.251 e. The van der Waals surface area contributed by atoms with Crippen LogP contribution in [0, 0.1) is 23.1 Å². The second-order valence-electron chi connectivity index (χ2n) is 7.57. The van der Waals surface area contributed by atoms with Gasteiger partial charge in [0.25, 0.3) is 5.91 Å². The highest BCUT2D eigenvalue weighted by Gasteiger charge is 2.27. The smallest absolute Gasteiger partial charge is 0.251 e. The Morgan fingerprint density at radius 2 is 1.83 bits per heavy atom. The van der Waals surface area contributed by atoms with Crippen molar-refractivity contribution < 1.29 is 14.0 Å². The van der Waals surface area contributed by atoms with Crippen molar-refractivity contribution in [3.8, 4) is 6.07 Å². The van der Waals surface area contributed by atoms with Crippen molar-refractivity contribution in [2.24, 2.45) is 5.92 Å². The van der Waals surface area contributed by atoms with Crippen LogP contribution < -0.4 is 10.6 Å². The first-order chi connectivity index (χ1) is 13.9. The van der Waals surface area contributed by atoms with Crippen LogP contribution in [0.15, 0.2) is 24.3 Å². The number of carbonyl (C=O) groups excluding carboxylic acids is 2. The average molecular weight is 414 g/mol. The van der Waals surface area contributed by atoms with Gasteiger partial charge < -0.3 is 10.6 Å². The van der Waals surface area contributed by atoms with Gasteiger partial charge in [0.05, 0.1) is 5.56 Å². The first-order valence-electron chi connectivity index (χ1n) is 9.82. The van der Waals surface area contributed by atoms with E-state index in [1.807, 2.05) is 13.8 Å². The molecule has 2 aromatic rings. The zero-order valence-electron chi connectivity index (χ0n) is 16.5. The van der Waals surface area contributed by atoms with E-state index in [-0.39, 0.29) is 17.4 Å². The number of amides is 2. The fourth-order valence-electron chi connectivity index (χ4n) is 3.50. The number of thiophene rings is 1. The highest BCUT2D eigenvalue weighted by Crippen LogP contribution is 2.37. The predicted octanol–water partition coefficient (Wildman–Crippen LogP) is 4.42. The molecule has 1 aliphatic carbocycles. The second kappa shape index (κ2) is 9.19. The molecule has 0 spiro atoms. The van der Waals surface area contributed by atoms with Gasteiger partial charge in [-0.15, -0.1) is 11.3 Å². The Morgan fingerprint density at radius 3 is 2.48 bits per heavy atom. The molecule has 7 heteroatoms. The van der Waals surface area contributed by atoms with E-state index in [2.05, 4.69) is 16.7 Å². The van der Waals surface area contributed by atoms with Gasteiger partial charge in [-0.05, 0) is 61.4 Å². The number of hydrogen-bond acceptors (Lipinski definition) is 4. The quantitative estimate of drug-likeness (QED) is 0.712. The van der Waals surface area contributed by atoms with Gasteiger partial charge in [-0.1, -0.05) is 20.3 Å². The van der Waals surface area contributed by atoms with Crippen LogP contribution in [-0.4, -0.2) is 17.9 Å². The summed E-state index contributed by atoms with van der Waals surface area (Å²) < 4.78 is 13.1. The minimum Gasteiger partial charge on any atom is -0.340 e. The molecule has 2 amide bonds. The van der Waals surface area contributed by atoms with E-state index >= 15 is 0 Å². The molecule has 0 bridgehead atoms. The summed E-state index contributed by atoms with van der Waals surface area (Å²) in [6.07, 6.45) is 5.08. The highest BCUT2D eigenvalue weighted by atomic mass is 32.1. The Morgan fingerprint density at radius 1 is 1.14 bits per heavy atom. The van der Waals surface area contributed by atoms with Gasteiger partial charge in [-0.3, -0.25) is 9.59 Å². The first-order valence-corrected chi connectivity index (χ1v) is 10.6. The summed E-state index contributed by atoms with van der Waals surface area (Å²) in [5.41, 5.74) is 1.89. The van der Waals surface area contributed by atoms with E-state index in [1.165, 1.54) is 40.5 Å². The number of nitriles is 1. The molecular weight excluding hydrogens is 389 g/mol. The van der Waals surface area contributed by atoms with Crippen LogP contribution in [0.1, 0.15) is 59.5 Å². The van der Waals surface area contributed by atoms with Crippen LogP contribution in [0.25, 0.3) is 0 Å². The maximum absolute atomic E-state index is 13.1. The number of benzene rings is 1. The Kier molecular flexibility index (Phi) is 6.65. The molecule has 0 radical (unpaired) electrons. The summed E-state index contributed by atoms with van der Waals surface area (Å²) in [7, 11) is 0. The fourth-order valence-corrected chi connectivity index (χ4v) is 4.74. The summed E-state index contributed by atoms with van der Waals surface area (Å²) in [4.78, 5) is 26.6. The maximum atomic E-state index is 13.1. The molecule has 0 unspecified atom stereocenters. The molecule has 0 saturated carbocycles. The summed E-state index contributed by atoms with van der Waals surface area (Å²) in [5.74, 6) is -1.39. The summed E-state index contributed by atoms with van der Waals surface area (Å²) >= 11 is 1.47. The molecule has 29 heavy (non-hydrogen) atoms. The molecule has 1 aliphatic rings. The predicted molar refractivity (Wildman–Crippen MR) is 111 cm³/mol. The molecule has 5 nitrogen and oxygen atoms in total. The van der Waals surface area contributed by atoms with Crippen LogP contribution in [0.3, 0.4) is 0 Å². The number of aryl methyl sites for hydroxylation is 1. The number of nitrogens with one attached hydrogen (secondary N) is 2. The number of anilines is 1. The van der Waals surface area contributed by atoms with E-state index in [9.17, 15) is 19.2 Å². The van der Waals surface area contributed by atoms with Crippen molar-refractivity contribution in [2.75, 3.05) is 5.32 Å². The standard InChI is InChI=1S/C22H24FN3O2S/c1-13(2)19(25-20(27)14-8-10-15(23)11-9-14)21(28)26-22-17(12-24)16-6-4-3-5-7-18(16)29-22/h8-11,13,19H,3-7H2,1-2H3,(H,25,27)(H,26,28)/t19-/m1/s1. The zero-order chi connectivity index (χ0) is 21.0. The van der Waals surface area contributed by atoms with Crippen molar-refractivity contribution in [1.82, 2.24) is 5.32 Å². The van der Waals surface area contributed by atoms with Crippen LogP contribution in [0.2, 0.25) is 0 Å². The van der Waals surface area contributed by atoms with Gasteiger partial charge in [0.2, 0.25) is 5.91 Å². The molecule has 3 rings (SSSR count). The average Bonchev–Trinajstić information content (AvgIpc) is 2.85. The van der Waals surface area contributed by atoms with Gasteiger partial charge in [-0.2, -0.15) is 5.26 Å². The van der Waals surface area contributed by atoms with Crippen LogP contribution in [0.4, 0.5) is 9.39 Å². The Labute approximate surface area is 173 Å². The largest absolute Gasteiger partial charge is 0.340 e. The minimum atomic E-state index is -0.777. The highest BCUT2D eigenvalue weighted by molar-refractivity contribution is 7.16. The van der Waals surface area contributed by atoms with Gasteiger partial charge >= 0.3 is 0 Å². The molecule has 152 valence electrons. The number of fused-ring (bicyclic) bond motifs is 1. The second-order valence-corrected chi connectivity index (χ2v) is 8.68. The molecule has 0 fully saturated rings. The summed E-state index contributed by atoms with van der Waals surface area (Å²) in [6, 6.07) is 6.64. The number of halogens is 1. The van der Waals surface area contributed by atoms with Crippen LogP contribution in [0.5, 0.6) is 0 Å². The van der Waals surface area contributed by atoms with Crippen molar-refractivity contribution in [1.29, 1.82) is 5.26 Å². The van der Waals surface area contributed by atoms with Gasteiger partial charge in [0.1, 0.15) is 22.9 Å². The van der Waals surface area contributed by atoms with E-state index in [0.29, 0.717) is 10.6 Å². The van der Waals surface area contributed by atoms with Gasteiger partial charge in [0.15, 0.2) is 0 Å². The topological polar surface area (TPSA) is 82.0 Å². The number of hydrogen-bond donors (Lipinski definition) is 2. The molecule has 1 aromatic carbocycles. The normalized spacial score (nSPS) is 14.4.